The molecule has 0 radical (unpaired) electrons. The van der Waals surface area contributed by atoms with E-state index in [0.717, 1.165) is 11.3 Å². The number of hydrogen-bond acceptors (Lipinski definition) is 4. The molecule has 1 aromatic carbocycles. The van der Waals surface area contributed by atoms with Gasteiger partial charge in [0, 0.05) is 0 Å². The second kappa shape index (κ2) is 4.22. The summed E-state index contributed by atoms with van der Waals surface area (Å²) in [6.45, 7) is 0.610. The Balaban J connectivity index is 2.18. The Morgan fingerprint density at radius 3 is 2.67 bits per heavy atom. The van der Waals surface area contributed by atoms with Gasteiger partial charge in [0.1, 0.15) is 5.75 Å². The second-order valence-corrected chi connectivity index (χ2v) is 3.40. The molecule has 1 aromatic heterocycles. The molecule has 0 saturated carbocycles. The fourth-order valence-electron chi connectivity index (χ4n) is 1.22. The van der Waals surface area contributed by atoms with E-state index in [2.05, 4.69) is 15.5 Å². The third kappa shape index (κ3) is 2.21. The molecule has 2 rings (SSSR count). The van der Waals surface area contributed by atoms with Crippen molar-refractivity contribution in [3.8, 4) is 5.75 Å². The number of nitrogens with one attached hydrogen (secondary N) is 1. The highest BCUT2D eigenvalue weighted by atomic mass is 32.1. The van der Waals surface area contributed by atoms with Crippen LogP contribution < -0.4 is 4.74 Å². The van der Waals surface area contributed by atoms with Crippen molar-refractivity contribution in [2.45, 2.75) is 6.54 Å². The van der Waals surface area contributed by atoms with E-state index in [1.807, 2.05) is 24.3 Å². The van der Waals surface area contributed by atoms with Crippen LogP contribution in [0.4, 0.5) is 0 Å². The Morgan fingerprint density at radius 2 is 2.13 bits per heavy atom. The zero-order chi connectivity index (χ0) is 10.7. The number of H-pyrrole nitrogens is 1. The van der Waals surface area contributed by atoms with E-state index in [0.29, 0.717) is 11.3 Å². The SMILES string of the molecule is COc1ccc(Cn2nn[nH]c2=S)cc1. The van der Waals surface area contributed by atoms with Crippen molar-refractivity contribution in [1.82, 2.24) is 20.2 Å². The van der Waals surface area contributed by atoms with Crippen LogP contribution in [0.5, 0.6) is 5.75 Å². The minimum absolute atomic E-state index is 0.519. The van der Waals surface area contributed by atoms with Crippen LogP contribution in [-0.4, -0.2) is 27.3 Å². The zero-order valence-corrected chi connectivity index (χ0v) is 8.99. The first kappa shape index (κ1) is 9.85. The van der Waals surface area contributed by atoms with Gasteiger partial charge in [-0.3, -0.25) is 0 Å². The summed E-state index contributed by atoms with van der Waals surface area (Å²) in [5.74, 6) is 0.836. The fourth-order valence-corrected chi connectivity index (χ4v) is 1.37. The average molecular weight is 222 g/mol. The van der Waals surface area contributed by atoms with Gasteiger partial charge in [0.2, 0.25) is 4.77 Å². The van der Waals surface area contributed by atoms with Crippen LogP contribution in [0.15, 0.2) is 24.3 Å². The maximum Gasteiger partial charge on any atom is 0.213 e. The molecule has 0 fully saturated rings. The van der Waals surface area contributed by atoms with Crippen LogP contribution in [0.1, 0.15) is 5.56 Å². The number of benzene rings is 1. The number of methoxy groups -OCH3 is 1. The molecule has 0 amide bonds. The molecule has 1 heterocycles. The predicted molar refractivity (Wildman–Crippen MR) is 57.3 cm³/mol. The van der Waals surface area contributed by atoms with Crippen molar-refractivity contribution < 1.29 is 4.74 Å². The quantitative estimate of drug-likeness (QED) is 0.797. The van der Waals surface area contributed by atoms with E-state index in [1.165, 1.54) is 0 Å². The van der Waals surface area contributed by atoms with E-state index >= 15 is 0 Å². The maximum absolute atomic E-state index is 5.07. The molecule has 2 aromatic rings. The molecule has 0 spiro atoms. The normalized spacial score (nSPS) is 10.2. The Kier molecular flexibility index (Phi) is 2.77. The highest BCUT2D eigenvalue weighted by molar-refractivity contribution is 7.71. The lowest BCUT2D eigenvalue weighted by molar-refractivity contribution is 0.414. The van der Waals surface area contributed by atoms with E-state index in [-0.39, 0.29) is 0 Å². The molecule has 78 valence electrons. The van der Waals surface area contributed by atoms with E-state index < -0.39 is 0 Å². The summed E-state index contributed by atoms with van der Waals surface area (Å²) in [5, 5.41) is 10.0. The van der Waals surface area contributed by atoms with Crippen molar-refractivity contribution in [2.24, 2.45) is 0 Å². The van der Waals surface area contributed by atoms with Crippen LogP contribution in [0, 0.1) is 4.77 Å². The molecule has 15 heavy (non-hydrogen) atoms. The maximum atomic E-state index is 5.07. The average Bonchev–Trinajstić information content (AvgIpc) is 2.66. The van der Waals surface area contributed by atoms with Crippen LogP contribution >= 0.6 is 12.2 Å². The molecule has 0 aliphatic rings. The highest BCUT2D eigenvalue weighted by Crippen LogP contribution is 2.11. The van der Waals surface area contributed by atoms with E-state index in [4.69, 9.17) is 17.0 Å². The number of nitrogens with zero attached hydrogens (tertiary/aromatic N) is 3. The molecule has 0 unspecified atom stereocenters. The van der Waals surface area contributed by atoms with Crippen molar-refractivity contribution in [1.29, 1.82) is 0 Å². The molecular weight excluding hydrogens is 212 g/mol. The molecular formula is C9H10N4OS. The van der Waals surface area contributed by atoms with Crippen molar-refractivity contribution in [2.75, 3.05) is 7.11 Å². The molecule has 0 atom stereocenters. The van der Waals surface area contributed by atoms with E-state index in [9.17, 15) is 0 Å². The second-order valence-electron chi connectivity index (χ2n) is 3.01. The van der Waals surface area contributed by atoms with Crippen LogP contribution in [0.3, 0.4) is 0 Å². The first-order valence-electron chi connectivity index (χ1n) is 4.40. The monoisotopic (exact) mass is 222 g/mol. The Labute approximate surface area is 91.7 Å². The molecule has 0 saturated heterocycles. The summed E-state index contributed by atoms with van der Waals surface area (Å²) >= 11 is 4.99. The fraction of sp³-hybridized carbons (Fsp3) is 0.222. The first-order valence-corrected chi connectivity index (χ1v) is 4.81. The number of tetrazole rings is 1. The van der Waals surface area contributed by atoms with Gasteiger partial charge in [0.05, 0.1) is 13.7 Å². The topological polar surface area (TPSA) is 55.7 Å². The lowest BCUT2D eigenvalue weighted by Crippen LogP contribution is -2.01. The molecule has 6 heteroatoms. The molecule has 0 aliphatic carbocycles. The van der Waals surface area contributed by atoms with Gasteiger partial charge < -0.3 is 4.74 Å². The summed E-state index contributed by atoms with van der Waals surface area (Å²) in [4.78, 5) is 0. The summed E-state index contributed by atoms with van der Waals surface area (Å²) in [6.07, 6.45) is 0. The number of hydrogen-bond donors (Lipinski definition) is 1. The molecule has 0 bridgehead atoms. The standard InChI is InChI=1S/C9H10N4OS/c1-14-8-4-2-7(3-5-8)6-13-9(15)10-11-12-13/h2-5H,6H2,1H3,(H,10,12,15). The smallest absolute Gasteiger partial charge is 0.213 e. The molecule has 1 N–H and O–H groups in total. The van der Waals surface area contributed by atoms with E-state index in [1.54, 1.807) is 11.8 Å². The number of rotatable bonds is 3. The lowest BCUT2D eigenvalue weighted by Gasteiger charge is -2.02. The largest absolute Gasteiger partial charge is 0.497 e. The molecule has 0 aliphatic heterocycles. The van der Waals surface area contributed by atoms with Crippen molar-refractivity contribution in [3.05, 3.63) is 34.6 Å². The van der Waals surface area contributed by atoms with Gasteiger partial charge in [0.25, 0.3) is 0 Å². The van der Waals surface area contributed by atoms with Gasteiger partial charge in [-0.15, -0.1) is 0 Å². The third-order valence-corrected chi connectivity index (χ3v) is 2.33. The van der Waals surface area contributed by atoms with Crippen molar-refractivity contribution in [3.63, 3.8) is 0 Å². The lowest BCUT2D eigenvalue weighted by atomic mass is 10.2. The Bertz CT molecular complexity index is 487. The number of aromatic amines is 1. The Hall–Kier alpha value is -1.69. The predicted octanol–water partition coefficient (Wildman–Crippen LogP) is 1.39. The first-order chi connectivity index (χ1) is 7.29. The summed E-state index contributed by atoms with van der Waals surface area (Å²) in [7, 11) is 1.64. The summed E-state index contributed by atoms with van der Waals surface area (Å²) < 4.78 is 7.21. The zero-order valence-electron chi connectivity index (χ0n) is 8.17. The minimum atomic E-state index is 0.519. The van der Waals surface area contributed by atoms with Crippen LogP contribution in [0.25, 0.3) is 0 Å². The van der Waals surface area contributed by atoms with Crippen molar-refractivity contribution >= 4 is 12.2 Å². The van der Waals surface area contributed by atoms with Gasteiger partial charge in [0.15, 0.2) is 0 Å². The number of aromatic nitrogens is 4. The van der Waals surface area contributed by atoms with Crippen LogP contribution in [0.2, 0.25) is 0 Å². The third-order valence-electron chi connectivity index (χ3n) is 2.02. The van der Waals surface area contributed by atoms with Gasteiger partial charge in [-0.2, -0.15) is 0 Å². The Morgan fingerprint density at radius 1 is 1.40 bits per heavy atom. The summed E-state index contributed by atoms with van der Waals surface area (Å²) in [6, 6.07) is 7.74. The van der Waals surface area contributed by atoms with Gasteiger partial charge in [-0.1, -0.05) is 12.1 Å². The van der Waals surface area contributed by atoms with Crippen LogP contribution in [-0.2, 0) is 6.54 Å². The van der Waals surface area contributed by atoms with Gasteiger partial charge >= 0.3 is 0 Å². The molecule has 5 nitrogen and oxygen atoms in total. The minimum Gasteiger partial charge on any atom is -0.497 e. The number of ether oxygens (including phenoxy) is 1. The van der Waals surface area contributed by atoms with Gasteiger partial charge in [-0.05, 0) is 40.3 Å². The van der Waals surface area contributed by atoms with Gasteiger partial charge in [-0.25, -0.2) is 9.78 Å². The highest BCUT2D eigenvalue weighted by Gasteiger charge is 1.98. The summed E-state index contributed by atoms with van der Waals surface area (Å²) in [5.41, 5.74) is 1.10.